The Morgan fingerprint density at radius 2 is 1.52 bits per heavy atom. The van der Waals surface area contributed by atoms with E-state index in [0.29, 0.717) is 11.5 Å². The van der Waals surface area contributed by atoms with Gasteiger partial charge < -0.3 is 29.0 Å². The Bertz CT molecular complexity index is 1500. The SMILES string of the molecule is CCOC(=O)c1ccc(NC(=O)CN(c2cc(OC)ccc2OC)S(=O)(=O)c2ccc(OC)c(OC)c2)cc1Cl. The Hall–Kier alpha value is -4.16. The third kappa shape index (κ3) is 6.69. The van der Waals surface area contributed by atoms with Crippen LogP contribution in [0.3, 0.4) is 0 Å². The van der Waals surface area contributed by atoms with Crippen molar-refractivity contribution in [3.63, 3.8) is 0 Å². The second-order valence-corrected chi connectivity index (χ2v) is 10.3. The lowest BCUT2D eigenvalue weighted by Gasteiger charge is -2.26. The van der Waals surface area contributed by atoms with E-state index in [4.69, 9.17) is 35.3 Å². The average molecular weight is 593 g/mol. The molecule has 214 valence electrons. The van der Waals surface area contributed by atoms with Crippen LogP contribution in [0, 0.1) is 0 Å². The number of nitrogens with zero attached hydrogens (tertiary/aromatic N) is 1. The van der Waals surface area contributed by atoms with Crippen LogP contribution in [-0.2, 0) is 19.6 Å². The summed E-state index contributed by atoms with van der Waals surface area (Å²) in [5, 5.41) is 2.67. The lowest BCUT2D eigenvalue weighted by Crippen LogP contribution is -2.38. The fourth-order valence-electron chi connectivity index (χ4n) is 3.69. The first-order valence-electron chi connectivity index (χ1n) is 11.8. The van der Waals surface area contributed by atoms with Crippen LogP contribution in [0.25, 0.3) is 0 Å². The second kappa shape index (κ2) is 13.3. The van der Waals surface area contributed by atoms with E-state index < -0.39 is 28.4 Å². The number of hydrogen-bond donors (Lipinski definition) is 1. The molecule has 0 saturated carbocycles. The minimum absolute atomic E-state index is 0.0560. The molecule has 0 aliphatic carbocycles. The molecule has 0 bridgehead atoms. The van der Waals surface area contributed by atoms with Gasteiger partial charge in [0.2, 0.25) is 5.91 Å². The lowest BCUT2D eigenvalue weighted by molar-refractivity contribution is -0.114. The van der Waals surface area contributed by atoms with Crippen LogP contribution >= 0.6 is 11.6 Å². The van der Waals surface area contributed by atoms with E-state index in [1.165, 1.54) is 77.0 Å². The van der Waals surface area contributed by atoms with Crippen molar-refractivity contribution in [1.29, 1.82) is 0 Å². The number of carbonyl (C=O) groups excluding carboxylic acids is 2. The smallest absolute Gasteiger partial charge is 0.339 e. The molecule has 3 aromatic carbocycles. The summed E-state index contributed by atoms with van der Waals surface area (Å²) in [6, 6.07) is 12.9. The molecule has 0 atom stereocenters. The molecule has 3 rings (SSSR count). The summed E-state index contributed by atoms with van der Waals surface area (Å²) in [4.78, 5) is 25.1. The molecule has 3 aromatic rings. The molecule has 0 aliphatic heterocycles. The number of ether oxygens (including phenoxy) is 5. The van der Waals surface area contributed by atoms with E-state index in [9.17, 15) is 18.0 Å². The number of anilines is 2. The lowest BCUT2D eigenvalue weighted by atomic mass is 10.2. The van der Waals surface area contributed by atoms with Gasteiger partial charge in [-0.25, -0.2) is 13.2 Å². The highest BCUT2D eigenvalue weighted by atomic mass is 35.5. The zero-order chi connectivity index (χ0) is 29.4. The van der Waals surface area contributed by atoms with Crippen LogP contribution < -0.4 is 28.6 Å². The number of nitrogens with one attached hydrogen (secondary N) is 1. The highest BCUT2D eigenvalue weighted by molar-refractivity contribution is 7.92. The minimum atomic E-state index is -4.37. The van der Waals surface area contributed by atoms with Crippen LogP contribution in [0.5, 0.6) is 23.0 Å². The Morgan fingerprint density at radius 3 is 2.12 bits per heavy atom. The molecule has 0 fully saturated rings. The van der Waals surface area contributed by atoms with Crippen molar-refractivity contribution in [2.75, 3.05) is 51.2 Å². The predicted octanol–water partition coefficient (Wildman–Crippen LogP) is 4.39. The molecule has 13 heteroatoms. The molecule has 0 aliphatic rings. The maximum absolute atomic E-state index is 14.0. The fraction of sp³-hybridized carbons (Fsp3) is 0.259. The summed E-state index contributed by atoms with van der Waals surface area (Å²) in [5.74, 6) is -0.282. The van der Waals surface area contributed by atoms with Gasteiger partial charge >= 0.3 is 5.97 Å². The molecule has 11 nitrogen and oxygen atoms in total. The van der Waals surface area contributed by atoms with Gasteiger partial charge in [0.05, 0.1) is 56.2 Å². The number of esters is 1. The van der Waals surface area contributed by atoms with Gasteiger partial charge in [0.15, 0.2) is 11.5 Å². The van der Waals surface area contributed by atoms with Crippen LogP contribution in [0.4, 0.5) is 11.4 Å². The number of sulfonamides is 1. The van der Waals surface area contributed by atoms with Crippen molar-refractivity contribution < 1.29 is 41.7 Å². The number of methoxy groups -OCH3 is 4. The van der Waals surface area contributed by atoms with Gasteiger partial charge in [0.1, 0.15) is 18.0 Å². The number of rotatable bonds is 12. The number of benzene rings is 3. The Morgan fingerprint density at radius 1 is 0.850 bits per heavy atom. The van der Waals surface area contributed by atoms with Crippen molar-refractivity contribution in [3.8, 4) is 23.0 Å². The fourth-order valence-corrected chi connectivity index (χ4v) is 5.39. The first-order chi connectivity index (χ1) is 19.1. The van der Waals surface area contributed by atoms with Gasteiger partial charge in [0, 0.05) is 17.8 Å². The number of carbonyl (C=O) groups is 2. The summed E-state index contributed by atoms with van der Waals surface area (Å²) < 4.78 is 55.0. The van der Waals surface area contributed by atoms with E-state index in [1.807, 2.05) is 0 Å². The molecule has 0 saturated heterocycles. The van der Waals surface area contributed by atoms with E-state index >= 15 is 0 Å². The zero-order valence-corrected chi connectivity index (χ0v) is 24.1. The molecule has 0 heterocycles. The van der Waals surface area contributed by atoms with E-state index in [2.05, 4.69) is 5.32 Å². The third-order valence-corrected chi connectivity index (χ3v) is 7.70. The predicted molar refractivity (Wildman–Crippen MR) is 150 cm³/mol. The van der Waals surface area contributed by atoms with Crippen LogP contribution in [0.15, 0.2) is 59.5 Å². The van der Waals surface area contributed by atoms with Gasteiger partial charge in [-0.05, 0) is 49.4 Å². The minimum Gasteiger partial charge on any atom is -0.497 e. The molecular weight excluding hydrogens is 564 g/mol. The van der Waals surface area contributed by atoms with E-state index in [0.717, 1.165) is 4.31 Å². The van der Waals surface area contributed by atoms with E-state index in [-0.39, 0.29) is 45.0 Å². The maximum atomic E-state index is 14.0. The summed E-state index contributed by atoms with van der Waals surface area (Å²) in [6.45, 7) is 1.18. The zero-order valence-electron chi connectivity index (χ0n) is 22.5. The molecule has 0 aromatic heterocycles. The average Bonchev–Trinajstić information content (AvgIpc) is 2.95. The van der Waals surface area contributed by atoms with Gasteiger partial charge in [-0.15, -0.1) is 0 Å². The molecular formula is C27H29ClN2O9S. The molecule has 0 spiro atoms. The number of halogens is 1. The van der Waals surface area contributed by atoms with Gasteiger partial charge in [-0.2, -0.15) is 0 Å². The highest BCUT2D eigenvalue weighted by Gasteiger charge is 2.31. The van der Waals surface area contributed by atoms with Crippen molar-refractivity contribution in [1.82, 2.24) is 0 Å². The Balaban J connectivity index is 2.03. The topological polar surface area (TPSA) is 130 Å². The van der Waals surface area contributed by atoms with Crippen LogP contribution in [0.2, 0.25) is 5.02 Å². The summed E-state index contributed by atoms with van der Waals surface area (Å²) >= 11 is 6.21. The maximum Gasteiger partial charge on any atom is 0.339 e. The third-order valence-electron chi connectivity index (χ3n) is 5.63. The first kappa shape index (κ1) is 30.4. The second-order valence-electron chi connectivity index (χ2n) is 8.03. The number of amides is 1. The summed E-state index contributed by atoms with van der Waals surface area (Å²) in [6.07, 6.45) is 0. The Kier molecular flexibility index (Phi) is 10.1. The van der Waals surface area contributed by atoms with Crippen molar-refractivity contribution in [2.24, 2.45) is 0 Å². The van der Waals surface area contributed by atoms with E-state index in [1.54, 1.807) is 13.0 Å². The van der Waals surface area contributed by atoms with Crippen molar-refractivity contribution >= 4 is 44.9 Å². The normalized spacial score (nSPS) is 10.8. The van der Waals surface area contributed by atoms with Gasteiger partial charge in [-0.3, -0.25) is 9.10 Å². The Labute approximate surface area is 237 Å². The first-order valence-corrected chi connectivity index (χ1v) is 13.6. The monoisotopic (exact) mass is 592 g/mol. The van der Waals surface area contributed by atoms with Gasteiger partial charge in [0.25, 0.3) is 10.0 Å². The molecule has 0 unspecified atom stereocenters. The molecule has 0 radical (unpaired) electrons. The molecule has 1 amide bonds. The summed E-state index contributed by atoms with van der Waals surface area (Å²) in [5.41, 5.74) is 0.423. The quantitative estimate of drug-likeness (QED) is 0.304. The standard InChI is InChI=1S/C27H29ClN2O9S/c1-6-39-27(32)20-10-7-17(13-21(20)28)29-26(31)16-30(22-14-18(35-2)8-11-23(22)36-3)40(33,34)19-9-12-24(37-4)25(15-19)38-5/h7-15H,6,16H2,1-5H3,(H,29,31). The molecule has 1 N–H and O–H groups in total. The largest absolute Gasteiger partial charge is 0.497 e. The van der Waals surface area contributed by atoms with Crippen LogP contribution in [-0.4, -0.2) is 61.9 Å². The van der Waals surface area contributed by atoms with Crippen molar-refractivity contribution in [3.05, 3.63) is 65.2 Å². The highest BCUT2D eigenvalue weighted by Crippen LogP contribution is 2.37. The number of hydrogen-bond acceptors (Lipinski definition) is 9. The molecule has 40 heavy (non-hydrogen) atoms. The van der Waals surface area contributed by atoms with Gasteiger partial charge in [-0.1, -0.05) is 11.6 Å². The van der Waals surface area contributed by atoms with Crippen molar-refractivity contribution in [2.45, 2.75) is 11.8 Å². The summed E-state index contributed by atoms with van der Waals surface area (Å²) in [7, 11) is 1.23. The van der Waals surface area contributed by atoms with Crippen LogP contribution in [0.1, 0.15) is 17.3 Å².